The predicted octanol–water partition coefficient (Wildman–Crippen LogP) is 2.26. The normalized spacial score (nSPS) is 18.0. The molecule has 0 amide bonds. The first-order valence-corrected chi connectivity index (χ1v) is 7.38. The lowest BCUT2D eigenvalue weighted by molar-refractivity contribution is 0.305. The Kier molecular flexibility index (Phi) is 2.91. The molecule has 2 aromatic rings. The zero-order valence-electron chi connectivity index (χ0n) is 12.1. The van der Waals surface area contributed by atoms with Gasteiger partial charge >= 0.3 is 0 Å². The average Bonchev–Trinajstić information content (AvgIpc) is 2.56. The lowest BCUT2D eigenvalue weighted by Crippen LogP contribution is -2.45. The second-order valence-electron chi connectivity index (χ2n) is 5.46. The molecule has 2 aliphatic heterocycles. The lowest BCUT2D eigenvalue weighted by atomic mass is 10.1. The van der Waals surface area contributed by atoms with Crippen molar-refractivity contribution in [3.8, 4) is 5.75 Å². The molecule has 1 aromatic carbocycles. The highest BCUT2D eigenvalue weighted by molar-refractivity contribution is 5.80. The van der Waals surface area contributed by atoms with E-state index in [0.29, 0.717) is 0 Å². The molecule has 0 radical (unpaired) electrons. The van der Waals surface area contributed by atoms with Crippen LogP contribution in [0, 0.1) is 0 Å². The minimum absolute atomic E-state index is 0.203. The van der Waals surface area contributed by atoms with Crippen LogP contribution in [0.3, 0.4) is 0 Å². The summed E-state index contributed by atoms with van der Waals surface area (Å²) in [4.78, 5) is 13.5. The molecule has 0 spiro atoms. The summed E-state index contributed by atoms with van der Waals surface area (Å²) in [6.45, 7) is 5.95. The van der Waals surface area contributed by atoms with Gasteiger partial charge in [-0.05, 0) is 19.1 Å². The van der Waals surface area contributed by atoms with Crippen LogP contribution >= 0.6 is 0 Å². The third-order valence-corrected chi connectivity index (χ3v) is 4.31. The van der Waals surface area contributed by atoms with Crippen molar-refractivity contribution in [3.63, 3.8) is 0 Å². The summed E-state index contributed by atoms with van der Waals surface area (Å²) in [6.07, 6.45) is 5.32. The van der Waals surface area contributed by atoms with Crippen molar-refractivity contribution in [2.75, 3.05) is 36.0 Å². The van der Waals surface area contributed by atoms with E-state index in [9.17, 15) is 0 Å². The Morgan fingerprint density at radius 1 is 1.19 bits per heavy atom. The first-order valence-electron chi connectivity index (χ1n) is 7.38. The zero-order chi connectivity index (χ0) is 14.2. The number of aromatic nitrogens is 2. The van der Waals surface area contributed by atoms with Gasteiger partial charge in [0.15, 0.2) is 0 Å². The third-order valence-electron chi connectivity index (χ3n) is 4.31. The Hall–Kier alpha value is -2.30. The summed E-state index contributed by atoms with van der Waals surface area (Å²) in [5, 5.41) is 0. The van der Waals surface area contributed by atoms with Crippen molar-refractivity contribution >= 4 is 11.4 Å². The number of anilines is 2. The van der Waals surface area contributed by atoms with E-state index in [2.05, 4.69) is 44.9 Å². The van der Waals surface area contributed by atoms with Crippen LogP contribution in [-0.4, -0.2) is 36.2 Å². The van der Waals surface area contributed by atoms with E-state index in [-0.39, 0.29) is 6.04 Å². The van der Waals surface area contributed by atoms with Gasteiger partial charge < -0.3 is 14.5 Å². The summed E-state index contributed by atoms with van der Waals surface area (Å²) in [6, 6.07) is 6.50. The molecule has 3 heterocycles. The van der Waals surface area contributed by atoms with Crippen molar-refractivity contribution in [2.24, 2.45) is 0 Å². The van der Waals surface area contributed by atoms with Gasteiger partial charge in [0.2, 0.25) is 0 Å². The molecule has 108 valence electrons. The molecular weight excluding hydrogens is 264 g/mol. The van der Waals surface area contributed by atoms with Gasteiger partial charge in [-0.1, -0.05) is 6.07 Å². The molecule has 5 heteroatoms. The molecule has 2 aliphatic rings. The first-order chi connectivity index (χ1) is 10.3. The van der Waals surface area contributed by atoms with Gasteiger partial charge in [-0.15, -0.1) is 0 Å². The zero-order valence-corrected chi connectivity index (χ0v) is 12.1. The van der Waals surface area contributed by atoms with Gasteiger partial charge in [0.1, 0.15) is 18.0 Å². The summed E-state index contributed by atoms with van der Waals surface area (Å²) in [5.41, 5.74) is 3.46. The van der Waals surface area contributed by atoms with E-state index in [4.69, 9.17) is 4.74 Å². The van der Waals surface area contributed by atoms with Gasteiger partial charge in [0, 0.05) is 25.5 Å². The molecule has 0 aliphatic carbocycles. The van der Waals surface area contributed by atoms with Gasteiger partial charge in [0.05, 0.1) is 30.2 Å². The molecule has 1 atom stereocenters. The van der Waals surface area contributed by atoms with Crippen LogP contribution in [0.15, 0.2) is 36.8 Å². The highest BCUT2D eigenvalue weighted by atomic mass is 16.5. The molecule has 0 fully saturated rings. The van der Waals surface area contributed by atoms with Crippen molar-refractivity contribution in [1.82, 2.24) is 9.97 Å². The van der Waals surface area contributed by atoms with Crippen molar-refractivity contribution in [1.29, 1.82) is 0 Å². The molecule has 0 N–H and O–H groups in total. The number of hydrogen-bond acceptors (Lipinski definition) is 5. The largest absolute Gasteiger partial charge is 0.489 e. The predicted molar refractivity (Wildman–Crippen MR) is 81.9 cm³/mol. The number of para-hydroxylation sites is 1. The Balaban J connectivity index is 1.75. The Morgan fingerprint density at radius 2 is 2.14 bits per heavy atom. The maximum Gasteiger partial charge on any atom is 0.144 e. The summed E-state index contributed by atoms with van der Waals surface area (Å²) in [7, 11) is 0. The minimum Gasteiger partial charge on any atom is -0.489 e. The number of rotatable bonds is 2. The van der Waals surface area contributed by atoms with Gasteiger partial charge in [-0.3, -0.25) is 9.97 Å². The highest BCUT2D eigenvalue weighted by Crippen LogP contribution is 2.44. The van der Waals surface area contributed by atoms with Gasteiger partial charge in [-0.2, -0.15) is 0 Å². The number of ether oxygens (including phenoxy) is 1. The van der Waals surface area contributed by atoms with Crippen LogP contribution in [0.1, 0.15) is 18.7 Å². The van der Waals surface area contributed by atoms with Crippen molar-refractivity contribution in [3.05, 3.63) is 42.5 Å². The second-order valence-corrected chi connectivity index (χ2v) is 5.46. The van der Waals surface area contributed by atoms with E-state index in [1.807, 2.05) is 6.20 Å². The number of benzene rings is 1. The molecule has 4 rings (SSSR count). The smallest absolute Gasteiger partial charge is 0.144 e. The minimum atomic E-state index is 0.203. The molecule has 0 unspecified atom stereocenters. The van der Waals surface area contributed by atoms with E-state index < -0.39 is 0 Å². The fraction of sp³-hybridized carbons (Fsp3) is 0.375. The number of hydrogen-bond donors (Lipinski definition) is 0. The molecule has 5 nitrogen and oxygen atoms in total. The summed E-state index contributed by atoms with van der Waals surface area (Å²) in [5.74, 6) is 0.995. The molecule has 21 heavy (non-hydrogen) atoms. The van der Waals surface area contributed by atoms with Crippen LogP contribution in [0.25, 0.3) is 0 Å². The van der Waals surface area contributed by atoms with E-state index in [1.165, 1.54) is 11.4 Å². The van der Waals surface area contributed by atoms with Crippen LogP contribution in [0.5, 0.6) is 5.75 Å². The van der Waals surface area contributed by atoms with E-state index in [1.54, 1.807) is 12.4 Å². The molecule has 0 bridgehead atoms. The van der Waals surface area contributed by atoms with Gasteiger partial charge in [0.25, 0.3) is 0 Å². The fourth-order valence-corrected chi connectivity index (χ4v) is 3.22. The van der Waals surface area contributed by atoms with Crippen LogP contribution in [-0.2, 0) is 0 Å². The third kappa shape index (κ3) is 2.00. The molecule has 0 saturated carbocycles. The van der Waals surface area contributed by atoms with E-state index >= 15 is 0 Å². The quantitative estimate of drug-likeness (QED) is 0.845. The number of nitrogens with zero attached hydrogens (tertiary/aromatic N) is 4. The first kappa shape index (κ1) is 12.4. The Morgan fingerprint density at radius 3 is 3.00 bits per heavy atom. The van der Waals surface area contributed by atoms with Crippen LogP contribution < -0.4 is 14.5 Å². The maximum atomic E-state index is 5.81. The SMILES string of the molecule is C[C@@H](c1cnccn1)N1CCN2CCOc3cccc1c32. The summed E-state index contributed by atoms with van der Waals surface area (Å²) >= 11 is 0. The van der Waals surface area contributed by atoms with Crippen molar-refractivity contribution in [2.45, 2.75) is 13.0 Å². The summed E-state index contributed by atoms with van der Waals surface area (Å²) < 4.78 is 5.81. The lowest BCUT2D eigenvalue weighted by Gasteiger charge is -2.43. The Bertz CT molecular complexity index is 646. The van der Waals surface area contributed by atoms with Gasteiger partial charge in [-0.25, -0.2) is 0 Å². The average molecular weight is 282 g/mol. The fourth-order valence-electron chi connectivity index (χ4n) is 3.22. The highest BCUT2D eigenvalue weighted by Gasteiger charge is 2.31. The molecule has 0 saturated heterocycles. The second kappa shape index (κ2) is 4.91. The van der Waals surface area contributed by atoms with Crippen molar-refractivity contribution < 1.29 is 4.74 Å². The maximum absolute atomic E-state index is 5.81. The molecular formula is C16H18N4O. The standard InChI is InChI=1S/C16H18N4O/c1-12(13-11-17-5-6-18-13)20-8-7-19-9-10-21-15-4-2-3-14(20)16(15)19/h2-6,11-12H,7-10H2,1H3/t12-/m0/s1. The van der Waals surface area contributed by atoms with Crippen LogP contribution in [0.2, 0.25) is 0 Å². The topological polar surface area (TPSA) is 41.5 Å². The van der Waals surface area contributed by atoms with Crippen LogP contribution in [0.4, 0.5) is 11.4 Å². The van der Waals surface area contributed by atoms with E-state index in [0.717, 1.165) is 37.7 Å². The Labute approximate surface area is 124 Å². The molecule has 1 aromatic heterocycles. The monoisotopic (exact) mass is 282 g/mol.